The summed E-state index contributed by atoms with van der Waals surface area (Å²) in [6, 6.07) is 7.46. The van der Waals surface area contributed by atoms with E-state index in [-0.39, 0.29) is 36.0 Å². The molecule has 35 heavy (non-hydrogen) atoms. The highest BCUT2D eigenvalue weighted by atomic mass is 16.5. The first-order chi connectivity index (χ1) is 16.9. The minimum absolute atomic E-state index is 0.0561. The summed E-state index contributed by atoms with van der Waals surface area (Å²) in [4.78, 5) is 46.2. The fourth-order valence-corrected chi connectivity index (χ4v) is 4.42. The number of benzene rings is 1. The Morgan fingerprint density at radius 2 is 1.71 bits per heavy atom. The summed E-state index contributed by atoms with van der Waals surface area (Å²) in [7, 11) is 0. The lowest BCUT2D eigenvalue weighted by molar-refractivity contribution is 0.0480. The Morgan fingerprint density at radius 3 is 2.40 bits per heavy atom. The molecule has 0 bridgehead atoms. The van der Waals surface area contributed by atoms with E-state index < -0.39 is 17.8 Å². The predicted octanol–water partition coefficient (Wildman–Crippen LogP) is 4.12. The van der Waals surface area contributed by atoms with Crippen molar-refractivity contribution in [3.8, 4) is 0 Å². The maximum atomic E-state index is 13.8. The van der Waals surface area contributed by atoms with Gasteiger partial charge < -0.3 is 13.9 Å². The molecule has 2 aromatic heterocycles. The Kier molecular flexibility index (Phi) is 7.16. The lowest BCUT2D eigenvalue weighted by Crippen LogP contribution is -2.33. The molecule has 0 fully saturated rings. The van der Waals surface area contributed by atoms with Gasteiger partial charge >= 0.3 is 11.9 Å². The second kappa shape index (κ2) is 10.3. The van der Waals surface area contributed by atoms with Gasteiger partial charge in [-0.2, -0.15) is 0 Å². The van der Waals surface area contributed by atoms with Crippen molar-refractivity contribution < 1.29 is 28.3 Å². The van der Waals surface area contributed by atoms with E-state index in [1.807, 2.05) is 24.3 Å². The monoisotopic (exact) mass is 479 g/mol. The third-order valence-electron chi connectivity index (χ3n) is 6.07. The molecular formula is C26H29N3O6. The average Bonchev–Trinajstić information content (AvgIpc) is 3.17. The smallest absolute Gasteiger partial charge is 0.344 e. The number of aryl methyl sites for hydroxylation is 1. The molecule has 0 saturated carbocycles. The van der Waals surface area contributed by atoms with Crippen LogP contribution in [-0.4, -0.2) is 54.0 Å². The summed E-state index contributed by atoms with van der Waals surface area (Å²) < 4.78 is 16.0. The van der Waals surface area contributed by atoms with E-state index in [4.69, 9.17) is 18.9 Å². The molecule has 9 heteroatoms. The van der Waals surface area contributed by atoms with Gasteiger partial charge in [0.15, 0.2) is 0 Å². The topological polar surface area (TPSA) is 111 Å². The zero-order chi connectivity index (χ0) is 25.1. The van der Waals surface area contributed by atoms with Gasteiger partial charge in [0.05, 0.1) is 24.3 Å². The number of carbonyl (C=O) groups is 3. The fraction of sp³-hybridized carbons (Fsp3) is 0.385. The standard InChI is InChI=1S/C26H29N3O6/c1-5-29-13-12-19-17(14-29)21(16-10-8-9-11-18(16)27-19)23(30)28-24-22(26(32)34-7-3)20(15(4)35-24)25(31)33-6-2/h8-11H,5-7,12-14H2,1-4H3,(H,28,30). The van der Waals surface area contributed by atoms with Crippen LogP contribution in [0.2, 0.25) is 0 Å². The van der Waals surface area contributed by atoms with Gasteiger partial charge in [-0.15, -0.1) is 0 Å². The second-order valence-corrected chi connectivity index (χ2v) is 8.18. The molecular weight excluding hydrogens is 450 g/mol. The molecule has 9 nitrogen and oxygen atoms in total. The third kappa shape index (κ3) is 4.64. The number of aromatic nitrogens is 1. The summed E-state index contributed by atoms with van der Waals surface area (Å²) in [6.07, 6.45) is 0.731. The molecule has 3 heterocycles. The molecule has 184 valence electrons. The molecule has 0 spiro atoms. The zero-order valence-electron chi connectivity index (χ0n) is 20.4. The Morgan fingerprint density at radius 1 is 1.03 bits per heavy atom. The number of amides is 1. The maximum Gasteiger partial charge on any atom is 0.344 e. The molecule has 0 unspecified atom stereocenters. The van der Waals surface area contributed by atoms with Gasteiger partial charge in [-0.05, 0) is 33.4 Å². The van der Waals surface area contributed by atoms with E-state index in [0.29, 0.717) is 17.5 Å². The summed E-state index contributed by atoms with van der Waals surface area (Å²) in [6.45, 7) is 9.44. The van der Waals surface area contributed by atoms with Gasteiger partial charge in [-0.1, -0.05) is 25.1 Å². The highest BCUT2D eigenvalue weighted by molar-refractivity contribution is 6.16. The fourth-order valence-electron chi connectivity index (χ4n) is 4.42. The number of ether oxygens (including phenoxy) is 2. The first-order valence-electron chi connectivity index (χ1n) is 11.8. The lowest BCUT2D eigenvalue weighted by Gasteiger charge is -2.29. The molecule has 1 aliphatic heterocycles. The summed E-state index contributed by atoms with van der Waals surface area (Å²) >= 11 is 0. The average molecular weight is 480 g/mol. The minimum Gasteiger partial charge on any atom is -0.462 e. The van der Waals surface area contributed by atoms with Gasteiger partial charge in [0, 0.05) is 36.2 Å². The van der Waals surface area contributed by atoms with Gasteiger partial charge in [0.25, 0.3) is 5.91 Å². The number of nitrogens with one attached hydrogen (secondary N) is 1. The van der Waals surface area contributed by atoms with Crippen molar-refractivity contribution in [2.45, 2.75) is 40.7 Å². The molecule has 1 N–H and O–H groups in total. The molecule has 1 aromatic carbocycles. The number of anilines is 1. The summed E-state index contributed by atoms with van der Waals surface area (Å²) in [5.74, 6) is -1.94. The SMILES string of the molecule is CCOC(=O)c1c(C)oc(NC(=O)c2c3c(nc4ccccc24)CCN(CC)C3)c1C(=O)OCC. The first kappa shape index (κ1) is 24.4. The predicted molar refractivity (Wildman–Crippen MR) is 130 cm³/mol. The van der Waals surface area contributed by atoms with Gasteiger partial charge in [0.1, 0.15) is 16.9 Å². The van der Waals surface area contributed by atoms with Crippen molar-refractivity contribution in [3.63, 3.8) is 0 Å². The Labute approximate surface area is 203 Å². The van der Waals surface area contributed by atoms with Gasteiger partial charge in [-0.3, -0.25) is 20.0 Å². The third-order valence-corrected chi connectivity index (χ3v) is 6.07. The van der Waals surface area contributed by atoms with Crippen molar-refractivity contribution in [3.05, 3.63) is 58.0 Å². The lowest BCUT2D eigenvalue weighted by atomic mass is 9.95. The number of nitrogens with zero attached hydrogens (tertiary/aromatic N) is 2. The Balaban J connectivity index is 1.82. The van der Waals surface area contributed by atoms with Crippen molar-refractivity contribution in [2.24, 2.45) is 0 Å². The van der Waals surface area contributed by atoms with Gasteiger partial charge in [-0.25, -0.2) is 9.59 Å². The molecule has 0 atom stereocenters. The van der Waals surface area contributed by atoms with E-state index in [1.54, 1.807) is 13.8 Å². The number of esters is 2. The second-order valence-electron chi connectivity index (χ2n) is 8.18. The van der Waals surface area contributed by atoms with Crippen LogP contribution in [0.5, 0.6) is 0 Å². The molecule has 0 radical (unpaired) electrons. The number of hydrogen-bond acceptors (Lipinski definition) is 8. The summed E-state index contributed by atoms with van der Waals surface area (Å²) in [5.41, 5.74) is 2.71. The molecule has 4 rings (SSSR count). The van der Waals surface area contributed by atoms with E-state index in [1.165, 1.54) is 6.92 Å². The number of carbonyl (C=O) groups excluding carboxylic acids is 3. The zero-order valence-corrected chi connectivity index (χ0v) is 20.4. The number of fused-ring (bicyclic) bond motifs is 2. The highest BCUT2D eigenvalue weighted by Crippen LogP contribution is 2.32. The van der Waals surface area contributed by atoms with E-state index in [0.717, 1.165) is 36.3 Å². The number of rotatable bonds is 7. The molecule has 1 amide bonds. The van der Waals surface area contributed by atoms with Crippen LogP contribution < -0.4 is 5.32 Å². The molecule has 3 aromatic rings. The van der Waals surface area contributed by atoms with Crippen LogP contribution in [-0.2, 0) is 22.4 Å². The first-order valence-corrected chi connectivity index (χ1v) is 11.8. The van der Waals surface area contributed by atoms with Crippen molar-refractivity contribution in [1.29, 1.82) is 0 Å². The van der Waals surface area contributed by atoms with Crippen LogP contribution in [0.4, 0.5) is 5.88 Å². The quantitative estimate of drug-likeness (QED) is 0.504. The van der Waals surface area contributed by atoms with Crippen molar-refractivity contribution in [2.75, 3.05) is 31.6 Å². The molecule has 0 saturated heterocycles. The van der Waals surface area contributed by atoms with E-state index >= 15 is 0 Å². The van der Waals surface area contributed by atoms with Crippen LogP contribution in [0.1, 0.15) is 68.9 Å². The van der Waals surface area contributed by atoms with Gasteiger partial charge in [0.2, 0.25) is 5.88 Å². The van der Waals surface area contributed by atoms with Crippen molar-refractivity contribution in [1.82, 2.24) is 9.88 Å². The maximum absolute atomic E-state index is 13.8. The number of furan rings is 1. The van der Waals surface area contributed by atoms with Crippen LogP contribution in [0, 0.1) is 6.92 Å². The van der Waals surface area contributed by atoms with E-state index in [2.05, 4.69) is 17.1 Å². The van der Waals surface area contributed by atoms with E-state index in [9.17, 15) is 14.4 Å². The molecule has 0 aliphatic carbocycles. The van der Waals surface area contributed by atoms with Crippen molar-refractivity contribution >= 4 is 34.6 Å². The van der Waals surface area contributed by atoms with Crippen LogP contribution in [0.15, 0.2) is 28.7 Å². The number of pyridine rings is 1. The van der Waals surface area contributed by atoms with Crippen LogP contribution >= 0.6 is 0 Å². The normalized spacial score (nSPS) is 13.4. The van der Waals surface area contributed by atoms with Crippen LogP contribution in [0.3, 0.4) is 0 Å². The number of para-hydroxylation sites is 1. The minimum atomic E-state index is -0.776. The Bertz CT molecular complexity index is 1300. The largest absolute Gasteiger partial charge is 0.462 e. The van der Waals surface area contributed by atoms with Crippen LogP contribution in [0.25, 0.3) is 10.9 Å². The summed E-state index contributed by atoms with van der Waals surface area (Å²) in [5, 5.41) is 3.44. The Hall–Kier alpha value is -3.72. The number of likely N-dealkylation sites (N-methyl/N-ethyl adjacent to an activating group) is 1. The molecule has 1 aliphatic rings. The number of hydrogen-bond donors (Lipinski definition) is 1. The highest BCUT2D eigenvalue weighted by Gasteiger charge is 2.33.